The smallest absolute Gasteiger partial charge is 0.337 e. The summed E-state index contributed by atoms with van der Waals surface area (Å²) in [6, 6.07) is 4.67. The predicted molar refractivity (Wildman–Crippen MR) is 95.3 cm³/mol. The lowest BCUT2D eigenvalue weighted by Gasteiger charge is -2.20. The summed E-state index contributed by atoms with van der Waals surface area (Å²) in [5, 5.41) is 6.13. The van der Waals surface area contributed by atoms with Crippen LogP contribution in [0.3, 0.4) is 0 Å². The lowest BCUT2D eigenvalue weighted by Crippen LogP contribution is -2.40. The maximum atomic E-state index is 12.1. The number of halogens is 1. The van der Waals surface area contributed by atoms with Gasteiger partial charge in [-0.3, -0.25) is 4.79 Å². The Labute approximate surface area is 150 Å². The van der Waals surface area contributed by atoms with Crippen LogP contribution >= 0.6 is 11.6 Å². The number of nitrogens with zero attached hydrogens (tertiary/aromatic N) is 2. The van der Waals surface area contributed by atoms with E-state index in [1.54, 1.807) is 12.1 Å². The molecule has 8 heteroatoms. The van der Waals surface area contributed by atoms with E-state index in [0.29, 0.717) is 21.8 Å². The quantitative estimate of drug-likeness (QED) is 0.811. The first-order chi connectivity index (χ1) is 11.7. The van der Waals surface area contributed by atoms with Gasteiger partial charge in [-0.15, -0.1) is 0 Å². The van der Waals surface area contributed by atoms with Crippen molar-refractivity contribution < 1.29 is 14.3 Å². The van der Waals surface area contributed by atoms with Crippen LogP contribution in [0.4, 0.5) is 11.6 Å². The van der Waals surface area contributed by atoms with Gasteiger partial charge >= 0.3 is 5.97 Å². The van der Waals surface area contributed by atoms with Crippen molar-refractivity contribution in [3.63, 3.8) is 0 Å². The molecule has 0 bridgehead atoms. The molecule has 0 aliphatic rings. The van der Waals surface area contributed by atoms with Gasteiger partial charge in [0.05, 0.1) is 28.9 Å². The minimum Gasteiger partial charge on any atom is -0.465 e. The molecule has 0 fully saturated rings. The molecule has 0 aliphatic heterocycles. The third-order valence-electron chi connectivity index (χ3n) is 3.04. The molecule has 0 aliphatic carbocycles. The highest BCUT2D eigenvalue weighted by Crippen LogP contribution is 2.25. The molecule has 0 saturated carbocycles. The van der Waals surface area contributed by atoms with Crippen LogP contribution < -0.4 is 10.6 Å². The number of ether oxygens (including phenoxy) is 1. The molecule has 1 aromatic carbocycles. The molecular formula is C17H19ClN4O3. The second-order valence-electron chi connectivity index (χ2n) is 6.31. The van der Waals surface area contributed by atoms with Crippen molar-refractivity contribution in [2.24, 2.45) is 0 Å². The van der Waals surface area contributed by atoms with Crippen molar-refractivity contribution >= 4 is 35.1 Å². The van der Waals surface area contributed by atoms with Crippen LogP contribution in [0.15, 0.2) is 30.6 Å². The van der Waals surface area contributed by atoms with E-state index in [1.165, 1.54) is 25.6 Å². The Morgan fingerprint density at radius 1 is 1.12 bits per heavy atom. The number of anilines is 2. The summed E-state index contributed by atoms with van der Waals surface area (Å²) in [7, 11) is 1.30. The van der Waals surface area contributed by atoms with Crippen LogP contribution in [0.25, 0.3) is 0 Å². The van der Waals surface area contributed by atoms with Crippen molar-refractivity contribution in [2.45, 2.75) is 26.3 Å². The summed E-state index contributed by atoms with van der Waals surface area (Å²) in [4.78, 5) is 31.9. The number of carbonyl (C=O) groups excluding carboxylic acids is 2. The number of amides is 1. The van der Waals surface area contributed by atoms with Crippen molar-refractivity contribution in [1.29, 1.82) is 0 Å². The number of hydrogen-bond acceptors (Lipinski definition) is 6. The average molecular weight is 363 g/mol. The summed E-state index contributed by atoms with van der Waals surface area (Å²) >= 11 is 6.11. The predicted octanol–water partition coefficient (Wildman–Crippen LogP) is 3.19. The maximum absolute atomic E-state index is 12.1. The topological polar surface area (TPSA) is 93.2 Å². The van der Waals surface area contributed by atoms with Crippen molar-refractivity contribution in [3.8, 4) is 0 Å². The maximum Gasteiger partial charge on any atom is 0.337 e. The Hall–Kier alpha value is -2.67. The van der Waals surface area contributed by atoms with Gasteiger partial charge in [-0.2, -0.15) is 0 Å². The molecule has 0 atom stereocenters. The number of carbonyl (C=O) groups is 2. The first-order valence-electron chi connectivity index (χ1n) is 7.49. The zero-order valence-electron chi connectivity index (χ0n) is 14.4. The second kappa shape index (κ2) is 7.48. The minimum absolute atomic E-state index is 0.247. The van der Waals surface area contributed by atoms with Gasteiger partial charge in [0.15, 0.2) is 0 Å². The summed E-state index contributed by atoms with van der Waals surface area (Å²) in [5.41, 5.74) is 0.789. The molecule has 2 N–H and O–H groups in total. The number of esters is 1. The summed E-state index contributed by atoms with van der Waals surface area (Å²) in [6.07, 6.45) is 2.82. The largest absolute Gasteiger partial charge is 0.465 e. The molecule has 7 nitrogen and oxygen atoms in total. The van der Waals surface area contributed by atoms with Gasteiger partial charge in [-0.05, 0) is 39.0 Å². The molecule has 0 radical (unpaired) electrons. The van der Waals surface area contributed by atoms with Gasteiger partial charge in [-0.25, -0.2) is 14.8 Å². The van der Waals surface area contributed by atoms with Crippen molar-refractivity contribution in [3.05, 3.63) is 46.7 Å². The van der Waals surface area contributed by atoms with E-state index in [1.807, 2.05) is 20.8 Å². The monoisotopic (exact) mass is 362 g/mol. The number of hydrogen-bond donors (Lipinski definition) is 2. The Morgan fingerprint density at radius 2 is 1.76 bits per heavy atom. The molecule has 0 spiro atoms. The van der Waals surface area contributed by atoms with E-state index in [9.17, 15) is 9.59 Å². The Balaban J connectivity index is 2.16. The SMILES string of the molecule is COC(=O)c1ccc(Cl)c(Nc2ncc(C(=O)NC(C)(C)C)cn2)c1. The van der Waals surface area contributed by atoms with E-state index in [0.717, 1.165) is 0 Å². The van der Waals surface area contributed by atoms with Crippen LogP contribution in [0.2, 0.25) is 5.02 Å². The first-order valence-corrected chi connectivity index (χ1v) is 7.87. The highest BCUT2D eigenvalue weighted by atomic mass is 35.5. The van der Waals surface area contributed by atoms with Gasteiger partial charge in [0.25, 0.3) is 5.91 Å². The third-order valence-corrected chi connectivity index (χ3v) is 3.37. The second-order valence-corrected chi connectivity index (χ2v) is 6.72. The van der Waals surface area contributed by atoms with Gasteiger partial charge in [-0.1, -0.05) is 11.6 Å². The molecule has 0 saturated heterocycles. The fourth-order valence-corrected chi connectivity index (χ4v) is 2.07. The van der Waals surface area contributed by atoms with Gasteiger partial charge in [0.1, 0.15) is 0 Å². The Bertz CT molecular complexity index is 785. The average Bonchev–Trinajstić information content (AvgIpc) is 2.55. The molecule has 2 aromatic rings. The fraction of sp³-hybridized carbons (Fsp3) is 0.294. The fourth-order valence-electron chi connectivity index (χ4n) is 1.91. The Kier molecular flexibility index (Phi) is 5.58. The molecule has 2 rings (SSSR count). The third kappa shape index (κ3) is 5.15. The van der Waals surface area contributed by atoms with Crippen LogP contribution in [-0.2, 0) is 4.74 Å². The Morgan fingerprint density at radius 3 is 2.32 bits per heavy atom. The molecule has 25 heavy (non-hydrogen) atoms. The van der Waals surface area contributed by atoms with Crippen LogP contribution in [0, 0.1) is 0 Å². The van der Waals surface area contributed by atoms with E-state index >= 15 is 0 Å². The highest BCUT2D eigenvalue weighted by molar-refractivity contribution is 6.33. The molecular weight excluding hydrogens is 344 g/mol. The van der Waals surface area contributed by atoms with Crippen molar-refractivity contribution in [1.82, 2.24) is 15.3 Å². The lowest BCUT2D eigenvalue weighted by atomic mass is 10.1. The minimum atomic E-state index is -0.477. The van der Waals surface area contributed by atoms with Crippen LogP contribution in [-0.4, -0.2) is 34.5 Å². The number of nitrogens with one attached hydrogen (secondary N) is 2. The molecule has 132 valence electrons. The van der Waals surface area contributed by atoms with Gasteiger partial charge in [0.2, 0.25) is 5.95 Å². The van der Waals surface area contributed by atoms with Crippen molar-refractivity contribution in [2.75, 3.05) is 12.4 Å². The number of rotatable bonds is 4. The van der Waals surface area contributed by atoms with Crippen LogP contribution in [0.1, 0.15) is 41.5 Å². The van der Waals surface area contributed by atoms with E-state index in [-0.39, 0.29) is 17.4 Å². The first kappa shape index (κ1) is 18.7. The zero-order valence-corrected chi connectivity index (χ0v) is 15.1. The highest BCUT2D eigenvalue weighted by Gasteiger charge is 2.16. The summed E-state index contributed by atoms with van der Waals surface area (Å²) in [6.45, 7) is 5.66. The zero-order chi connectivity index (χ0) is 18.6. The van der Waals surface area contributed by atoms with E-state index in [4.69, 9.17) is 11.6 Å². The molecule has 0 unspecified atom stereocenters. The molecule has 1 heterocycles. The van der Waals surface area contributed by atoms with Gasteiger partial charge in [0, 0.05) is 17.9 Å². The standard InChI is InChI=1S/C17H19ClN4O3/c1-17(2,3)22-14(23)11-8-19-16(20-9-11)21-13-7-10(15(24)25-4)5-6-12(13)18/h5-9H,1-4H3,(H,22,23)(H,19,20,21). The molecule has 1 amide bonds. The van der Waals surface area contributed by atoms with Crippen LogP contribution in [0.5, 0.6) is 0 Å². The number of methoxy groups -OCH3 is 1. The summed E-state index contributed by atoms with van der Waals surface area (Å²) < 4.78 is 4.68. The lowest BCUT2D eigenvalue weighted by molar-refractivity contribution is 0.0600. The normalized spacial score (nSPS) is 10.9. The van der Waals surface area contributed by atoms with E-state index < -0.39 is 5.97 Å². The van der Waals surface area contributed by atoms with Gasteiger partial charge < -0.3 is 15.4 Å². The number of aromatic nitrogens is 2. The number of benzene rings is 1. The molecule has 1 aromatic heterocycles. The van der Waals surface area contributed by atoms with E-state index in [2.05, 4.69) is 25.3 Å². The summed E-state index contributed by atoms with van der Waals surface area (Å²) in [5.74, 6) is -0.490.